The number of hydrogen-bond acceptors (Lipinski definition) is 5. The lowest BCUT2D eigenvalue weighted by Crippen LogP contribution is -2.48. The summed E-state index contributed by atoms with van der Waals surface area (Å²) in [5.41, 5.74) is 2.98. The number of ketones is 3. The quantitative estimate of drug-likeness (QED) is 0.187. The fourth-order valence-electron chi connectivity index (χ4n) is 6.97. The Kier molecular flexibility index (Phi) is 5.74. The van der Waals surface area contributed by atoms with Crippen LogP contribution in [-0.2, 0) is 0 Å². The van der Waals surface area contributed by atoms with E-state index < -0.39 is 23.4 Å². The zero-order chi connectivity index (χ0) is 27.8. The van der Waals surface area contributed by atoms with E-state index in [0.717, 1.165) is 22.4 Å². The van der Waals surface area contributed by atoms with Gasteiger partial charge in [0.1, 0.15) is 11.5 Å². The molecule has 6 heteroatoms. The molecule has 1 aromatic heterocycles. The van der Waals surface area contributed by atoms with Crippen molar-refractivity contribution in [3.05, 3.63) is 128 Å². The first-order valence-corrected chi connectivity index (χ1v) is 14.7. The van der Waals surface area contributed by atoms with Gasteiger partial charge in [-0.1, -0.05) is 92.2 Å². The van der Waals surface area contributed by atoms with Crippen molar-refractivity contribution in [1.82, 2.24) is 0 Å². The Hall–Kier alpha value is -3.80. The zero-order valence-electron chi connectivity index (χ0n) is 22.0. The highest BCUT2D eigenvalue weighted by atomic mass is 35.5. The van der Waals surface area contributed by atoms with Gasteiger partial charge < -0.3 is 4.90 Å². The molecule has 3 aromatic carbocycles. The minimum absolute atomic E-state index is 0.0948. The van der Waals surface area contributed by atoms with Crippen molar-refractivity contribution in [3.8, 4) is 0 Å². The van der Waals surface area contributed by atoms with E-state index in [-0.39, 0.29) is 17.3 Å². The molecular weight excluding hydrogens is 538 g/mol. The van der Waals surface area contributed by atoms with Crippen LogP contribution >= 0.6 is 22.9 Å². The van der Waals surface area contributed by atoms with Crippen molar-refractivity contribution in [1.29, 1.82) is 0 Å². The molecule has 0 radical (unpaired) electrons. The Morgan fingerprint density at radius 1 is 0.925 bits per heavy atom. The first-order valence-electron chi connectivity index (χ1n) is 13.5. The maximum Gasteiger partial charge on any atom is 0.195 e. The van der Waals surface area contributed by atoms with Gasteiger partial charge in [-0.3, -0.25) is 14.4 Å². The van der Waals surface area contributed by atoms with Gasteiger partial charge in [0, 0.05) is 27.8 Å². The lowest BCUT2D eigenvalue weighted by atomic mass is 9.64. The van der Waals surface area contributed by atoms with Crippen LogP contribution in [0.15, 0.2) is 90.3 Å². The van der Waals surface area contributed by atoms with Crippen molar-refractivity contribution in [3.63, 3.8) is 0 Å². The molecule has 0 unspecified atom stereocenters. The van der Waals surface area contributed by atoms with Gasteiger partial charge in [0.2, 0.25) is 0 Å². The molecule has 1 spiro atoms. The molecule has 3 aliphatic rings. The first-order chi connectivity index (χ1) is 19.3. The Balaban J connectivity index is 1.54. The van der Waals surface area contributed by atoms with Crippen LogP contribution in [0.25, 0.3) is 6.08 Å². The second kappa shape index (κ2) is 9.12. The number of fused-ring (bicyclic) bond motifs is 5. The summed E-state index contributed by atoms with van der Waals surface area (Å²) in [5, 5.41) is 2.46. The van der Waals surface area contributed by atoms with Crippen LogP contribution in [0.2, 0.25) is 5.02 Å². The molecule has 0 saturated carbocycles. The number of nitrogens with zero attached hydrogens (tertiary/aromatic N) is 1. The number of anilines is 1. The number of halogens is 1. The van der Waals surface area contributed by atoms with Gasteiger partial charge in [0.05, 0.1) is 10.9 Å². The van der Waals surface area contributed by atoms with Crippen LogP contribution in [-0.4, -0.2) is 29.4 Å². The number of hydrogen-bond donors (Lipinski definition) is 0. The lowest BCUT2D eigenvalue weighted by molar-refractivity contribution is 0.0666. The van der Waals surface area contributed by atoms with Gasteiger partial charge in [-0.25, -0.2) is 0 Å². The molecule has 2 aliphatic heterocycles. The number of Topliss-reactive ketones (excluding diaryl/α,β-unsaturated/α-hetero) is 3. The molecular formula is C34H26ClNO3S. The van der Waals surface area contributed by atoms with Crippen LogP contribution in [0.5, 0.6) is 0 Å². The molecule has 3 atom stereocenters. The van der Waals surface area contributed by atoms with Gasteiger partial charge in [0.15, 0.2) is 17.3 Å². The van der Waals surface area contributed by atoms with Crippen LogP contribution in [0.1, 0.15) is 72.8 Å². The third-order valence-corrected chi connectivity index (χ3v) is 9.88. The Labute approximate surface area is 241 Å². The summed E-state index contributed by atoms with van der Waals surface area (Å²) in [6.45, 7) is 4.26. The monoisotopic (exact) mass is 563 g/mol. The Bertz CT molecular complexity index is 1690. The summed E-state index contributed by atoms with van der Waals surface area (Å²) in [7, 11) is 0. The van der Waals surface area contributed by atoms with Crippen molar-refractivity contribution in [2.75, 3.05) is 4.90 Å². The molecule has 1 aliphatic carbocycles. The maximum atomic E-state index is 14.7. The second-order valence-electron chi connectivity index (χ2n) is 11.1. The highest BCUT2D eigenvalue weighted by molar-refractivity contribution is 7.12. The smallest absolute Gasteiger partial charge is 0.195 e. The van der Waals surface area contributed by atoms with Gasteiger partial charge in [0.25, 0.3) is 0 Å². The van der Waals surface area contributed by atoms with Crippen molar-refractivity contribution in [2.45, 2.75) is 37.8 Å². The minimum atomic E-state index is -1.49. The van der Waals surface area contributed by atoms with Crippen LogP contribution < -0.4 is 4.90 Å². The highest BCUT2D eigenvalue weighted by Gasteiger charge is 2.71. The molecule has 198 valence electrons. The fourth-order valence-corrected chi connectivity index (χ4v) is 7.85. The molecule has 0 N–H and O–H groups in total. The minimum Gasteiger partial charge on any atom is -0.352 e. The number of thiophene rings is 1. The van der Waals surface area contributed by atoms with Gasteiger partial charge >= 0.3 is 0 Å². The summed E-state index contributed by atoms with van der Waals surface area (Å²) in [6, 6.07) is 23.0. The molecule has 4 nitrogen and oxygen atoms in total. The van der Waals surface area contributed by atoms with Crippen molar-refractivity contribution >= 4 is 52.1 Å². The van der Waals surface area contributed by atoms with Gasteiger partial charge in [-0.15, -0.1) is 11.3 Å². The topological polar surface area (TPSA) is 54.5 Å². The average molecular weight is 564 g/mol. The number of benzene rings is 3. The van der Waals surface area contributed by atoms with E-state index in [9.17, 15) is 14.4 Å². The molecule has 3 heterocycles. The largest absolute Gasteiger partial charge is 0.352 e. The molecule has 1 saturated heterocycles. The molecule has 1 fully saturated rings. The van der Waals surface area contributed by atoms with E-state index in [1.807, 2.05) is 58.8 Å². The Morgan fingerprint density at radius 2 is 1.62 bits per heavy atom. The number of rotatable bonds is 4. The van der Waals surface area contributed by atoms with E-state index in [1.54, 1.807) is 30.3 Å². The van der Waals surface area contributed by atoms with E-state index in [1.165, 1.54) is 11.3 Å². The van der Waals surface area contributed by atoms with Crippen molar-refractivity contribution < 1.29 is 14.4 Å². The van der Waals surface area contributed by atoms with Gasteiger partial charge in [-0.2, -0.15) is 0 Å². The zero-order valence-corrected chi connectivity index (χ0v) is 23.6. The second-order valence-corrected chi connectivity index (χ2v) is 12.5. The molecule has 0 bridgehead atoms. The van der Waals surface area contributed by atoms with Crippen LogP contribution in [0.3, 0.4) is 0 Å². The molecule has 0 amide bonds. The SMILES string of the molecule is CC(C)c1ccc([C@H]2[C@H](C(=O)c3cccs3)N3c4ccc(Cl)cc4C=C[C@@H]3C23C(=O)c2ccccc2C3=O)cc1. The predicted octanol–water partition coefficient (Wildman–Crippen LogP) is 7.84. The van der Waals surface area contributed by atoms with Crippen LogP contribution in [0, 0.1) is 5.41 Å². The predicted molar refractivity (Wildman–Crippen MR) is 160 cm³/mol. The third kappa shape index (κ3) is 3.34. The molecule has 40 heavy (non-hydrogen) atoms. The average Bonchev–Trinajstić information content (AvgIpc) is 3.66. The highest BCUT2D eigenvalue weighted by Crippen LogP contribution is 2.61. The first kappa shape index (κ1) is 25.2. The summed E-state index contributed by atoms with van der Waals surface area (Å²) in [5.74, 6) is -0.913. The summed E-state index contributed by atoms with van der Waals surface area (Å²) < 4.78 is 0. The van der Waals surface area contributed by atoms with E-state index in [2.05, 4.69) is 26.0 Å². The number of carbonyl (C=O) groups excluding carboxylic acids is 3. The maximum absolute atomic E-state index is 14.7. The molecule has 4 aromatic rings. The fraction of sp³-hybridized carbons (Fsp3) is 0.206. The van der Waals surface area contributed by atoms with E-state index in [0.29, 0.717) is 26.9 Å². The standard InChI is InChI=1S/C34H26ClNO3S/c1-19(2)20-9-11-21(12-10-20)29-30(31(37)27-8-5-17-40-27)36-26-15-14-23(35)18-22(26)13-16-28(36)34(29)32(38)24-6-3-4-7-25(24)33(34)39/h3-19,28-30H,1-2H3/t28-,29+,30-/m1/s1. The summed E-state index contributed by atoms with van der Waals surface area (Å²) >= 11 is 7.75. The third-order valence-electron chi connectivity index (χ3n) is 8.76. The lowest BCUT2D eigenvalue weighted by Gasteiger charge is -2.37. The van der Waals surface area contributed by atoms with E-state index in [4.69, 9.17) is 11.6 Å². The normalized spacial score (nSPS) is 22.1. The summed E-state index contributed by atoms with van der Waals surface area (Å²) in [6.07, 6.45) is 3.86. The molecule has 7 rings (SSSR count). The Morgan fingerprint density at radius 3 is 2.25 bits per heavy atom. The number of carbonyl (C=O) groups is 3. The van der Waals surface area contributed by atoms with Gasteiger partial charge in [-0.05, 0) is 52.3 Å². The van der Waals surface area contributed by atoms with Crippen LogP contribution in [0.4, 0.5) is 5.69 Å². The summed E-state index contributed by atoms with van der Waals surface area (Å²) in [4.78, 5) is 46.5. The van der Waals surface area contributed by atoms with Crippen molar-refractivity contribution in [2.24, 2.45) is 5.41 Å². The van der Waals surface area contributed by atoms with E-state index >= 15 is 0 Å².